The van der Waals surface area contributed by atoms with Gasteiger partial charge < -0.3 is 15.0 Å². The number of carbonyl (C=O) groups excluding carboxylic acids is 2. The molecule has 0 bridgehead atoms. The first kappa shape index (κ1) is 15.3. The Bertz CT molecular complexity index is 278. The van der Waals surface area contributed by atoms with Crippen molar-refractivity contribution < 1.29 is 14.3 Å². The lowest BCUT2D eigenvalue weighted by molar-refractivity contribution is -0.132. The van der Waals surface area contributed by atoms with Crippen molar-refractivity contribution in [2.45, 2.75) is 13.8 Å². The van der Waals surface area contributed by atoms with Crippen LogP contribution in [0, 0.1) is 5.92 Å². The van der Waals surface area contributed by atoms with Crippen LogP contribution >= 0.6 is 11.8 Å². The lowest BCUT2D eigenvalue weighted by Crippen LogP contribution is -2.41. The molecule has 0 aromatic heterocycles. The second kappa shape index (κ2) is 8.37. The molecule has 0 aliphatic carbocycles. The predicted octanol–water partition coefficient (Wildman–Crippen LogP) is 0.351. The van der Waals surface area contributed by atoms with Crippen LogP contribution in [-0.4, -0.2) is 61.1 Å². The van der Waals surface area contributed by atoms with Crippen LogP contribution in [-0.2, 0) is 14.3 Å². The van der Waals surface area contributed by atoms with Crippen LogP contribution in [0.15, 0.2) is 0 Å². The maximum absolute atomic E-state index is 11.8. The molecule has 1 N–H and O–H groups in total. The van der Waals surface area contributed by atoms with E-state index < -0.39 is 0 Å². The van der Waals surface area contributed by atoms with Crippen LogP contribution in [0.5, 0.6) is 0 Å². The summed E-state index contributed by atoms with van der Waals surface area (Å²) in [6.07, 6.45) is 0. The summed E-state index contributed by atoms with van der Waals surface area (Å²) in [7, 11) is 0. The standard InChI is InChI=1S/C12H22N2O3S/c1-10(2)7-13-11(15)8-18-9-12(16)14-3-5-17-6-4-14/h10H,3-9H2,1-2H3,(H,13,15). The summed E-state index contributed by atoms with van der Waals surface area (Å²) in [5.41, 5.74) is 0. The van der Waals surface area contributed by atoms with Crippen LogP contribution < -0.4 is 5.32 Å². The molecule has 0 radical (unpaired) electrons. The average Bonchev–Trinajstić information content (AvgIpc) is 2.37. The first-order valence-electron chi connectivity index (χ1n) is 6.29. The number of hydrogen-bond acceptors (Lipinski definition) is 4. The number of nitrogens with zero attached hydrogens (tertiary/aromatic N) is 1. The summed E-state index contributed by atoms with van der Waals surface area (Å²) < 4.78 is 5.18. The van der Waals surface area contributed by atoms with Crippen molar-refractivity contribution in [2.75, 3.05) is 44.4 Å². The Morgan fingerprint density at radius 2 is 1.94 bits per heavy atom. The van der Waals surface area contributed by atoms with E-state index in [9.17, 15) is 9.59 Å². The highest BCUT2D eigenvalue weighted by Gasteiger charge is 2.16. The molecule has 0 spiro atoms. The zero-order chi connectivity index (χ0) is 13.4. The van der Waals surface area contributed by atoms with Crippen molar-refractivity contribution in [2.24, 2.45) is 5.92 Å². The SMILES string of the molecule is CC(C)CNC(=O)CSCC(=O)N1CCOCC1. The molecule has 0 atom stereocenters. The van der Waals surface area contributed by atoms with E-state index in [1.54, 1.807) is 4.90 Å². The Labute approximate surface area is 113 Å². The summed E-state index contributed by atoms with van der Waals surface area (Å²) in [5, 5.41) is 2.83. The molecule has 0 aromatic carbocycles. The van der Waals surface area contributed by atoms with Crippen molar-refractivity contribution >= 4 is 23.6 Å². The Morgan fingerprint density at radius 3 is 2.56 bits per heavy atom. The first-order chi connectivity index (χ1) is 8.59. The van der Waals surface area contributed by atoms with Gasteiger partial charge in [0.05, 0.1) is 24.7 Å². The summed E-state index contributed by atoms with van der Waals surface area (Å²) in [6, 6.07) is 0. The lowest BCUT2D eigenvalue weighted by atomic mass is 10.2. The van der Waals surface area contributed by atoms with Gasteiger partial charge in [0.15, 0.2) is 0 Å². The smallest absolute Gasteiger partial charge is 0.232 e. The lowest BCUT2D eigenvalue weighted by Gasteiger charge is -2.26. The molecule has 1 fully saturated rings. The normalized spacial score (nSPS) is 15.8. The highest BCUT2D eigenvalue weighted by molar-refractivity contribution is 8.00. The van der Waals surface area contributed by atoms with E-state index in [-0.39, 0.29) is 11.8 Å². The van der Waals surface area contributed by atoms with Crippen molar-refractivity contribution in [3.63, 3.8) is 0 Å². The maximum Gasteiger partial charge on any atom is 0.232 e. The van der Waals surface area contributed by atoms with Gasteiger partial charge in [-0.1, -0.05) is 13.8 Å². The monoisotopic (exact) mass is 274 g/mol. The molecule has 18 heavy (non-hydrogen) atoms. The number of thioether (sulfide) groups is 1. The third kappa shape index (κ3) is 6.26. The molecule has 1 aliphatic heterocycles. The number of carbonyl (C=O) groups is 2. The van der Waals surface area contributed by atoms with Gasteiger partial charge in [-0.05, 0) is 5.92 Å². The average molecular weight is 274 g/mol. The van der Waals surface area contributed by atoms with Gasteiger partial charge in [-0.15, -0.1) is 11.8 Å². The Balaban J connectivity index is 2.09. The quantitative estimate of drug-likeness (QED) is 0.759. The molecule has 0 aromatic rings. The van der Waals surface area contributed by atoms with E-state index in [4.69, 9.17) is 4.74 Å². The van der Waals surface area contributed by atoms with Gasteiger partial charge in [-0.25, -0.2) is 0 Å². The van der Waals surface area contributed by atoms with Crippen LogP contribution in [0.4, 0.5) is 0 Å². The van der Waals surface area contributed by atoms with Crippen LogP contribution in [0.1, 0.15) is 13.8 Å². The highest BCUT2D eigenvalue weighted by atomic mass is 32.2. The minimum atomic E-state index is 0.00322. The largest absolute Gasteiger partial charge is 0.378 e. The van der Waals surface area contributed by atoms with Crippen molar-refractivity contribution in [1.82, 2.24) is 10.2 Å². The van der Waals surface area contributed by atoms with Gasteiger partial charge in [0.2, 0.25) is 11.8 Å². The highest BCUT2D eigenvalue weighted by Crippen LogP contribution is 2.05. The molecule has 0 unspecified atom stereocenters. The van der Waals surface area contributed by atoms with Crippen LogP contribution in [0.2, 0.25) is 0 Å². The number of morpholine rings is 1. The fourth-order valence-corrected chi connectivity index (χ4v) is 2.25. The third-order valence-electron chi connectivity index (χ3n) is 2.53. The molecule has 2 amide bonds. The fourth-order valence-electron chi connectivity index (χ4n) is 1.50. The molecule has 5 nitrogen and oxygen atoms in total. The number of ether oxygens (including phenoxy) is 1. The van der Waals surface area contributed by atoms with E-state index in [0.717, 1.165) is 0 Å². The third-order valence-corrected chi connectivity index (χ3v) is 3.45. The molecule has 6 heteroatoms. The van der Waals surface area contributed by atoms with Gasteiger partial charge in [-0.2, -0.15) is 0 Å². The first-order valence-corrected chi connectivity index (χ1v) is 7.45. The van der Waals surface area contributed by atoms with Crippen molar-refractivity contribution in [1.29, 1.82) is 0 Å². The minimum Gasteiger partial charge on any atom is -0.378 e. The zero-order valence-corrected chi connectivity index (χ0v) is 11.9. The van der Waals surface area contributed by atoms with E-state index in [1.807, 2.05) is 0 Å². The summed E-state index contributed by atoms with van der Waals surface area (Å²) >= 11 is 1.37. The predicted molar refractivity (Wildman–Crippen MR) is 72.6 cm³/mol. The summed E-state index contributed by atoms with van der Waals surface area (Å²) in [4.78, 5) is 25.0. The number of amides is 2. The summed E-state index contributed by atoms with van der Waals surface area (Å²) in [6.45, 7) is 7.36. The van der Waals surface area contributed by atoms with Gasteiger partial charge in [0, 0.05) is 19.6 Å². The molecule has 1 rings (SSSR count). The van der Waals surface area contributed by atoms with Gasteiger partial charge in [0.25, 0.3) is 0 Å². The molecular weight excluding hydrogens is 252 g/mol. The molecular formula is C12H22N2O3S. The van der Waals surface area contributed by atoms with Crippen LogP contribution in [0.3, 0.4) is 0 Å². The molecule has 0 saturated carbocycles. The minimum absolute atomic E-state index is 0.00322. The topological polar surface area (TPSA) is 58.6 Å². The van der Waals surface area contributed by atoms with Gasteiger partial charge >= 0.3 is 0 Å². The number of hydrogen-bond donors (Lipinski definition) is 1. The Morgan fingerprint density at radius 1 is 1.28 bits per heavy atom. The second-order valence-corrected chi connectivity index (χ2v) is 5.67. The molecule has 1 heterocycles. The van der Waals surface area contributed by atoms with Crippen molar-refractivity contribution in [3.05, 3.63) is 0 Å². The fraction of sp³-hybridized carbons (Fsp3) is 0.833. The van der Waals surface area contributed by atoms with E-state index in [2.05, 4.69) is 19.2 Å². The van der Waals surface area contributed by atoms with Gasteiger partial charge in [-0.3, -0.25) is 9.59 Å². The second-order valence-electron chi connectivity index (χ2n) is 4.68. The molecule has 104 valence electrons. The van der Waals surface area contributed by atoms with Gasteiger partial charge in [0.1, 0.15) is 0 Å². The number of rotatable bonds is 6. The van der Waals surface area contributed by atoms with Crippen LogP contribution in [0.25, 0.3) is 0 Å². The van der Waals surface area contributed by atoms with Crippen molar-refractivity contribution in [3.8, 4) is 0 Å². The number of nitrogens with one attached hydrogen (secondary N) is 1. The van der Waals surface area contributed by atoms with E-state index >= 15 is 0 Å². The zero-order valence-electron chi connectivity index (χ0n) is 11.1. The maximum atomic E-state index is 11.8. The van der Waals surface area contributed by atoms with E-state index in [1.165, 1.54) is 11.8 Å². The Kier molecular flexibility index (Phi) is 7.12. The van der Waals surface area contributed by atoms with E-state index in [0.29, 0.717) is 50.3 Å². The molecule has 1 saturated heterocycles. The molecule has 1 aliphatic rings. The Hall–Kier alpha value is -0.750. The summed E-state index contributed by atoms with van der Waals surface area (Å²) in [5.74, 6) is 1.27.